The Morgan fingerprint density at radius 2 is 1.14 bits per heavy atom. The van der Waals surface area contributed by atoms with Gasteiger partial charge in [-0.05, 0) is 42.9 Å². The van der Waals surface area contributed by atoms with Crippen LogP contribution in [0.25, 0.3) is 0 Å². The Bertz CT molecular complexity index is 749. The van der Waals surface area contributed by atoms with E-state index in [0.717, 1.165) is 37.5 Å². The van der Waals surface area contributed by atoms with Crippen LogP contribution in [0.4, 0.5) is 0 Å². The van der Waals surface area contributed by atoms with Gasteiger partial charge in [-0.2, -0.15) is 0 Å². The van der Waals surface area contributed by atoms with Crippen LogP contribution in [0.2, 0.25) is 0 Å². The summed E-state index contributed by atoms with van der Waals surface area (Å²) in [5.74, 6) is 2.52. The van der Waals surface area contributed by atoms with Crippen molar-refractivity contribution in [2.24, 2.45) is 46.6 Å². The normalized spacial score (nSPS) is 34.5. The summed E-state index contributed by atoms with van der Waals surface area (Å²) in [5, 5.41) is 22.3. The van der Waals surface area contributed by atoms with Crippen LogP contribution >= 0.6 is 0 Å². The molecule has 1 saturated heterocycles. The van der Waals surface area contributed by atoms with Crippen molar-refractivity contribution in [2.75, 3.05) is 19.8 Å². The molecule has 2 rings (SSSR count). The first-order chi connectivity index (χ1) is 20.8. The zero-order valence-corrected chi connectivity index (χ0v) is 28.8. The molecule has 10 heteroatoms. The molecule has 2 unspecified atom stereocenters. The Morgan fingerprint density at radius 3 is 1.64 bits per heavy atom. The van der Waals surface area contributed by atoms with Gasteiger partial charge < -0.3 is 52.1 Å². The summed E-state index contributed by atoms with van der Waals surface area (Å²) in [7, 11) is 0. The monoisotopic (exact) mass is 631 g/mol. The van der Waals surface area contributed by atoms with Gasteiger partial charge in [-0.3, -0.25) is 0 Å². The van der Waals surface area contributed by atoms with E-state index in [4.69, 9.17) is 41.9 Å². The molecular formula is C34H70N4O6. The van der Waals surface area contributed by atoms with E-state index in [9.17, 15) is 10.2 Å². The molecule has 10 N–H and O–H groups in total. The van der Waals surface area contributed by atoms with E-state index in [2.05, 4.69) is 41.5 Å². The summed E-state index contributed by atoms with van der Waals surface area (Å²) in [5.41, 5.74) is 25.3. The van der Waals surface area contributed by atoms with Crippen LogP contribution in [0.5, 0.6) is 0 Å². The lowest BCUT2D eigenvalue weighted by atomic mass is 9.84. The highest BCUT2D eigenvalue weighted by molar-refractivity contribution is 5.00. The topological polar surface area (TPSA) is 181 Å². The minimum Gasteiger partial charge on any atom is -0.388 e. The van der Waals surface area contributed by atoms with Gasteiger partial charge in [-0.25, -0.2) is 0 Å². The maximum Gasteiger partial charge on any atom is 0.176 e. The SMILES string of the molecule is CC(C)CCCCC(C)CCO[C@@H]1[C@@H](N)[C@@H](O[C@H]2[C@H](O)[C@@H](OCCC(C)CCCCC(C)C)[C@H](N)C[C@@H]2N)O[C@H](CN)[C@H]1O. The van der Waals surface area contributed by atoms with E-state index >= 15 is 0 Å². The molecular weight excluding hydrogens is 560 g/mol. The molecule has 2 fully saturated rings. The second-order valence-electron chi connectivity index (χ2n) is 14.8. The molecule has 1 aliphatic carbocycles. The van der Waals surface area contributed by atoms with Crippen molar-refractivity contribution < 1.29 is 29.2 Å². The summed E-state index contributed by atoms with van der Waals surface area (Å²) >= 11 is 0. The van der Waals surface area contributed by atoms with Crippen molar-refractivity contribution in [1.82, 2.24) is 0 Å². The van der Waals surface area contributed by atoms with Gasteiger partial charge in [0.05, 0.1) is 6.04 Å². The molecule has 44 heavy (non-hydrogen) atoms. The fourth-order valence-corrected chi connectivity index (χ4v) is 6.49. The van der Waals surface area contributed by atoms with Crippen molar-refractivity contribution in [1.29, 1.82) is 0 Å². The molecule has 12 atom stereocenters. The first kappa shape index (κ1) is 39.8. The van der Waals surface area contributed by atoms with Crippen LogP contribution in [0.3, 0.4) is 0 Å². The third-order valence-electron chi connectivity index (χ3n) is 9.60. The third kappa shape index (κ3) is 13.4. The van der Waals surface area contributed by atoms with E-state index < -0.39 is 61.0 Å². The van der Waals surface area contributed by atoms with Gasteiger partial charge >= 0.3 is 0 Å². The van der Waals surface area contributed by atoms with Crippen molar-refractivity contribution in [3.05, 3.63) is 0 Å². The number of rotatable bonds is 21. The second-order valence-corrected chi connectivity index (χ2v) is 14.8. The Hall–Kier alpha value is -0.400. The largest absolute Gasteiger partial charge is 0.388 e. The standard InChI is InChI=1S/C34H70N4O6/c1-21(2)11-7-9-13-23(5)15-17-41-31-25(36)19-26(37)32(30(31)40)44-34-28(38)33(29(39)27(20-35)43-34)42-18-16-24(6)14-10-8-12-22(3)4/h21-34,39-40H,7-20,35-38H2,1-6H3/t23?,24?,25-,26+,27-,28-,29-,30-,31+,32-,33-,34-/m1/s1. The van der Waals surface area contributed by atoms with Crippen LogP contribution in [0, 0.1) is 23.7 Å². The summed E-state index contributed by atoms with van der Waals surface area (Å²) in [6, 6.07) is -1.74. The van der Waals surface area contributed by atoms with Gasteiger partial charge in [0.2, 0.25) is 0 Å². The second kappa shape index (κ2) is 20.8. The van der Waals surface area contributed by atoms with Gasteiger partial charge in [0.15, 0.2) is 6.29 Å². The molecule has 1 aliphatic heterocycles. The Labute approximate surface area is 268 Å². The number of hydrogen-bond acceptors (Lipinski definition) is 10. The molecule has 1 saturated carbocycles. The zero-order valence-electron chi connectivity index (χ0n) is 28.8. The fraction of sp³-hybridized carbons (Fsp3) is 1.00. The molecule has 0 aromatic rings. The predicted octanol–water partition coefficient (Wildman–Crippen LogP) is 3.42. The fourth-order valence-electron chi connectivity index (χ4n) is 6.49. The number of aliphatic hydroxyl groups excluding tert-OH is 2. The van der Waals surface area contributed by atoms with E-state index in [-0.39, 0.29) is 6.54 Å². The minimum absolute atomic E-state index is 0.0748. The third-order valence-corrected chi connectivity index (χ3v) is 9.60. The maximum absolute atomic E-state index is 11.3. The number of unbranched alkanes of at least 4 members (excludes halogenated alkanes) is 2. The highest BCUT2D eigenvalue weighted by Gasteiger charge is 2.49. The number of hydrogen-bond donors (Lipinski definition) is 6. The molecule has 0 bridgehead atoms. The molecule has 262 valence electrons. The highest BCUT2D eigenvalue weighted by Crippen LogP contribution is 2.30. The lowest BCUT2D eigenvalue weighted by Gasteiger charge is -2.47. The predicted molar refractivity (Wildman–Crippen MR) is 177 cm³/mol. The summed E-state index contributed by atoms with van der Waals surface area (Å²) in [4.78, 5) is 0. The molecule has 0 spiro atoms. The Kier molecular flexibility index (Phi) is 18.8. The Morgan fingerprint density at radius 1 is 0.659 bits per heavy atom. The molecule has 0 aromatic heterocycles. The maximum atomic E-state index is 11.3. The number of ether oxygens (including phenoxy) is 4. The highest BCUT2D eigenvalue weighted by atomic mass is 16.7. The summed E-state index contributed by atoms with van der Waals surface area (Å²) < 4.78 is 24.6. The van der Waals surface area contributed by atoms with Gasteiger partial charge in [-0.1, -0.05) is 92.9 Å². The van der Waals surface area contributed by atoms with E-state index in [1.165, 1.54) is 38.5 Å². The van der Waals surface area contributed by atoms with Crippen LogP contribution in [-0.4, -0.2) is 91.0 Å². The average Bonchev–Trinajstić information content (AvgIpc) is 2.95. The smallest absolute Gasteiger partial charge is 0.176 e. The quantitative estimate of drug-likeness (QED) is 0.103. The van der Waals surface area contributed by atoms with Gasteiger partial charge in [0, 0.05) is 31.8 Å². The molecule has 0 aromatic carbocycles. The van der Waals surface area contributed by atoms with Crippen LogP contribution in [-0.2, 0) is 18.9 Å². The van der Waals surface area contributed by atoms with Crippen LogP contribution in [0.15, 0.2) is 0 Å². The van der Waals surface area contributed by atoms with Crippen molar-refractivity contribution in [3.8, 4) is 0 Å². The molecule has 1 heterocycles. The summed E-state index contributed by atoms with van der Waals surface area (Å²) in [6.07, 6.45) is 6.10. The summed E-state index contributed by atoms with van der Waals surface area (Å²) in [6.45, 7) is 14.6. The first-order valence-corrected chi connectivity index (χ1v) is 17.7. The zero-order chi connectivity index (χ0) is 32.8. The minimum atomic E-state index is -1.05. The van der Waals surface area contributed by atoms with Gasteiger partial charge in [0.25, 0.3) is 0 Å². The molecule has 0 amide bonds. The van der Waals surface area contributed by atoms with Gasteiger partial charge in [0.1, 0.15) is 36.6 Å². The average molecular weight is 631 g/mol. The number of nitrogens with two attached hydrogens (primary N) is 4. The first-order valence-electron chi connectivity index (χ1n) is 17.7. The Balaban J connectivity index is 1.90. The van der Waals surface area contributed by atoms with Gasteiger partial charge in [-0.15, -0.1) is 0 Å². The van der Waals surface area contributed by atoms with Crippen molar-refractivity contribution >= 4 is 0 Å². The number of aliphatic hydroxyl groups is 2. The molecule has 10 nitrogen and oxygen atoms in total. The van der Waals surface area contributed by atoms with E-state index in [1.54, 1.807) is 0 Å². The van der Waals surface area contributed by atoms with Crippen molar-refractivity contribution in [2.45, 2.75) is 173 Å². The molecule has 2 aliphatic rings. The van der Waals surface area contributed by atoms with Crippen LogP contribution < -0.4 is 22.9 Å². The van der Waals surface area contributed by atoms with Crippen LogP contribution in [0.1, 0.15) is 112 Å². The lowest BCUT2D eigenvalue weighted by molar-refractivity contribution is -0.294. The van der Waals surface area contributed by atoms with Crippen molar-refractivity contribution in [3.63, 3.8) is 0 Å². The molecule has 0 radical (unpaired) electrons. The lowest BCUT2D eigenvalue weighted by Crippen LogP contribution is -2.68. The van der Waals surface area contributed by atoms with E-state index in [0.29, 0.717) is 31.5 Å². The van der Waals surface area contributed by atoms with E-state index in [1.807, 2.05) is 0 Å².